The van der Waals surface area contributed by atoms with Crippen LogP contribution in [0.5, 0.6) is 0 Å². The van der Waals surface area contributed by atoms with Crippen molar-refractivity contribution >= 4 is 11.7 Å². The van der Waals surface area contributed by atoms with Gasteiger partial charge in [-0.25, -0.2) is 9.80 Å². The van der Waals surface area contributed by atoms with Gasteiger partial charge >= 0.3 is 6.03 Å². The summed E-state index contributed by atoms with van der Waals surface area (Å²) >= 11 is 0. The normalized spacial score (nSPS) is 21.9. The Bertz CT molecular complexity index is 600. The topological polar surface area (TPSA) is 44.4 Å². The Morgan fingerprint density at radius 2 is 1.60 bits per heavy atom. The number of amides is 2. The van der Waals surface area contributed by atoms with Crippen LogP contribution in [0.25, 0.3) is 0 Å². The minimum atomic E-state index is -0.547. The standard InChI is InChI=1S/C16H17N3O/c1-2-16(13-9-5-3-6-10-13)17-15(20)19(18-16)14-11-7-4-8-12-14/h3-12,18H,2H2,1H3,(H,17,20). The molecule has 0 bridgehead atoms. The number of hydrogen-bond donors (Lipinski definition) is 2. The van der Waals surface area contributed by atoms with Gasteiger partial charge in [-0.05, 0) is 24.1 Å². The van der Waals surface area contributed by atoms with Crippen LogP contribution in [-0.4, -0.2) is 6.03 Å². The first kappa shape index (κ1) is 12.7. The number of rotatable bonds is 3. The van der Waals surface area contributed by atoms with Crippen molar-refractivity contribution in [2.75, 3.05) is 5.01 Å². The molecular formula is C16H17N3O. The highest BCUT2D eigenvalue weighted by atomic mass is 16.2. The number of hydrazine groups is 1. The second-order valence-electron chi connectivity index (χ2n) is 4.84. The first-order valence-corrected chi connectivity index (χ1v) is 6.76. The summed E-state index contributed by atoms with van der Waals surface area (Å²) in [5, 5.41) is 4.62. The zero-order chi connectivity index (χ0) is 14.0. The van der Waals surface area contributed by atoms with E-state index in [4.69, 9.17) is 0 Å². The van der Waals surface area contributed by atoms with Gasteiger partial charge in [0.05, 0.1) is 5.69 Å². The molecule has 0 spiro atoms. The lowest BCUT2D eigenvalue weighted by atomic mass is 9.98. The predicted octanol–water partition coefficient (Wildman–Crippen LogP) is 2.98. The highest BCUT2D eigenvalue weighted by Gasteiger charge is 2.42. The maximum absolute atomic E-state index is 12.3. The van der Waals surface area contributed by atoms with Crippen LogP contribution in [0, 0.1) is 0 Å². The van der Waals surface area contributed by atoms with Crippen molar-refractivity contribution in [1.82, 2.24) is 10.7 Å². The second kappa shape index (κ2) is 4.98. The SMILES string of the molecule is CCC1(c2ccccc2)NC(=O)N(c2ccccc2)N1. The summed E-state index contributed by atoms with van der Waals surface area (Å²) < 4.78 is 0. The summed E-state index contributed by atoms with van der Waals surface area (Å²) in [7, 11) is 0. The minimum Gasteiger partial charge on any atom is -0.313 e. The molecule has 0 saturated carbocycles. The van der Waals surface area contributed by atoms with E-state index in [2.05, 4.69) is 17.7 Å². The molecule has 1 saturated heterocycles. The Morgan fingerprint density at radius 3 is 2.20 bits per heavy atom. The fourth-order valence-electron chi connectivity index (χ4n) is 2.50. The Balaban J connectivity index is 1.96. The van der Waals surface area contributed by atoms with Crippen LogP contribution in [0.3, 0.4) is 0 Å². The van der Waals surface area contributed by atoms with Crippen molar-refractivity contribution in [2.45, 2.75) is 19.0 Å². The van der Waals surface area contributed by atoms with Gasteiger partial charge in [0.1, 0.15) is 5.66 Å². The molecule has 2 amide bonds. The summed E-state index contributed by atoms with van der Waals surface area (Å²) in [6.45, 7) is 2.05. The molecule has 0 aromatic heterocycles. The van der Waals surface area contributed by atoms with E-state index in [9.17, 15) is 4.79 Å². The molecule has 1 fully saturated rings. The molecule has 4 heteroatoms. The van der Waals surface area contributed by atoms with E-state index in [0.717, 1.165) is 17.7 Å². The number of urea groups is 1. The number of anilines is 1. The number of carbonyl (C=O) groups is 1. The number of nitrogens with zero attached hydrogens (tertiary/aromatic N) is 1. The van der Waals surface area contributed by atoms with E-state index >= 15 is 0 Å². The second-order valence-corrected chi connectivity index (χ2v) is 4.84. The lowest BCUT2D eigenvalue weighted by Gasteiger charge is -2.28. The molecule has 1 aliphatic heterocycles. The molecule has 102 valence electrons. The lowest BCUT2D eigenvalue weighted by molar-refractivity contribution is 0.245. The van der Waals surface area contributed by atoms with E-state index in [1.807, 2.05) is 60.7 Å². The maximum Gasteiger partial charge on any atom is 0.338 e. The highest BCUT2D eigenvalue weighted by molar-refractivity contribution is 5.93. The molecule has 0 aliphatic carbocycles. The van der Waals surface area contributed by atoms with E-state index in [1.54, 1.807) is 5.01 Å². The summed E-state index contributed by atoms with van der Waals surface area (Å²) in [6, 6.07) is 19.4. The predicted molar refractivity (Wildman–Crippen MR) is 79.0 cm³/mol. The molecule has 4 nitrogen and oxygen atoms in total. The third kappa shape index (κ3) is 2.04. The monoisotopic (exact) mass is 267 g/mol. The van der Waals surface area contributed by atoms with Crippen molar-refractivity contribution < 1.29 is 4.79 Å². The van der Waals surface area contributed by atoms with Gasteiger partial charge in [0.25, 0.3) is 0 Å². The van der Waals surface area contributed by atoms with E-state index in [1.165, 1.54) is 0 Å². The summed E-state index contributed by atoms with van der Waals surface area (Å²) in [4.78, 5) is 12.3. The van der Waals surface area contributed by atoms with Crippen molar-refractivity contribution in [3.63, 3.8) is 0 Å². The van der Waals surface area contributed by atoms with Crippen LogP contribution in [0.4, 0.5) is 10.5 Å². The number of nitrogens with one attached hydrogen (secondary N) is 2. The van der Waals surface area contributed by atoms with Crippen LogP contribution in [-0.2, 0) is 5.66 Å². The third-order valence-electron chi connectivity index (χ3n) is 3.64. The van der Waals surface area contributed by atoms with Gasteiger partial charge in [-0.1, -0.05) is 55.5 Å². The number of hydrogen-bond acceptors (Lipinski definition) is 2. The molecule has 1 unspecified atom stereocenters. The zero-order valence-electron chi connectivity index (χ0n) is 11.3. The van der Waals surface area contributed by atoms with Crippen LogP contribution in [0.2, 0.25) is 0 Å². The molecule has 2 N–H and O–H groups in total. The minimum absolute atomic E-state index is 0.137. The molecule has 2 aromatic rings. The fourth-order valence-corrected chi connectivity index (χ4v) is 2.50. The molecule has 2 aromatic carbocycles. The molecule has 1 aliphatic rings. The molecular weight excluding hydrogens is 250 g/mol. The van der Waals surface area contributed by atoms with E-state index in [0.29, 0.717) is 0 Å². The van der Waals surface area contributed by atoms with Crippen LogP contribution < -0.4 is 15.8 Å². The molecule has 1 heterocycles. The summed E-state index contributed by atoms with van der Waals surface area (Å²) in [6.07, 6.45) is 0.756. The number of para-hydroxylation sites is 1. The first-order valence-electron chi connectivity index (χ1n) is 6.76. The van der Waals surface area contributed by atoms with Gasteiger partial charge in [0.2, 0.25) is 0 Å². The van der Waals surface area contributed by atoms with Crippen LogP contribution >= 0.6 is 0 Å². The summed E-state index contributed by atoms with van der Waals surface area (Å²) in [5.74, 6) is 0. The first-order chi connectivity index (χ1) is 9.75. The summed E-state index contributed by atoms with van der Waals surface area (Å²) in [5.41, 5.74) is 4.64. The number of benzene rings is 2. The lowest BCUT2D eigenvalue weighted by Crippen LogP contribution is -2.47. The molecule has 3 rings (SSSR count). The van der Waals surface area contributed by atoms with Gasteiger partial charge < -0.3 is 5.32 Å². The van der Waals surface area contributed by atoms with Gasteiger partial charge in [-0.2, -0.15) is 5.43 Å². The van der Waals surface area contributed by atoms with Gasteiger partial charge in [-0.3, -0.25) is 0 Å². The van der Waals surface area contributed by atoms with E-state index < -0.39 is 5.66 Å². The Hall–Kier alpha value is -2.33. The Kier molecular flexibility index (Phi) is 3.16. The fraction of sp³-hybridized carbons (Fsp3) is 0.188. The third-order valence-corrected chi connectivity index (χ3v) is 3.64. The van der Waals surface area contributed by atoms with Crippen molar-refractivity contribution in [3.8, 4) is 0 Å². The van der Waals surface area contributed by atoms with E-state index in [-0.39, 0.29) is 6.03 Å². The average molecular weight is 267 g/mol. The van der Waals surface area contributed by atoms with Crippen molar-refractivity contribution in [2.24, 2.45) is 0 Å². The smallest absolute Gasteiger partial charge is 0.313 e. The average Bonchev–Trinajstić information content (AvgIpc) is 2.87. The zero-order valence-corrected chi connectivity index (χ0v) is 11.3. The molecule has 1 atom stereocenters. The Morgan fingerprint density at radius 1 is 1.00 bits per heavy atom. The van der Waals surface area contributed by atoms with Crippen molar-refractivity contribution in [3.05, 3.63) is 66.2 Å². The van der Waals surface area contributed by atoms with Crippen LogP contribution in [0.15, 0.2) is 60.7 Å². The van der Waals surface area contributed by atoms with Gasteiger partial charge in [0.15, 0.2) is 0 Å². The molecule has 0 radical (unpaired) electrons. The Labute approximate surface area is 118 Å². The largest absolute Gasteiger partial charge is 0.338 e. The molecule has 20 heavy (non-hydrogen) atoms. The maximum atomic E-state index is 12.3. The van der Waals surface area contributed by atoms with Crippen LogP contribution in [0.1, 0.15) is 18.9 Å². The highest BCUT2D eigenvalue weighted by Crippen LogP contribution is 2.29. The number of carbonyl (C=O) groups excluding carboxylic acids is 1. The van der Waals surface area contributed by atoms with Gasteiger partial charge in [-0.15, -0.1) is 0 Å². The quantitative estimate of drug-likeness (QED) is 0.898. The van der Waals surface area contributed by atoms with Crippen molar-refractivity contribution in [1.29, 1.82) is 0 Å². The van der Waals surface area contributed by atoms with Gasteiger partial charge in [0, 0.05) is 0 Å².